The highest BCUT2D eigenvalue weighted by atomic mass is 35.5. The Labute approximate surface area is 190 Å². The van der Waals surface area contributed by atoms with Crippen LogP contribution in [0.2, 0.25) is 5.02 Å². The van der Waals surface area contributed by atoms with Gasteiger partial charge >= 0.3 is 17.0 Å². The number of alkyl halides is 3. The lowest BCUT2D eigenvalue weighted by atomic mass is 10.2. The van der Waals surface area contributed by atoms with Crippen molar-refractivity contribution in [3.05, 3.63) is 43.6 Å². The summed E-state index contributed by atoms with van der Waals surface area (Å²) in [5.74, 6) is -0.749. The van der Waals surface area contributed by atoms with Gasteiger partial charge in [0.2, 0.25) is 0 Å². The molecule has 13 heteroatoms. The van der Waals surface area contributed by atoms with Gasteiger partial charge in [-0.15, -0.1) is 0 Å². The number of nitrogens with zero attached hydrogens (tertiary/aromatic N) is 4. The molecule has 3 rings (SSSR count). The van der Waals surface area contributed by atoms with E-state index >= 15 is 0 Å². The fourth-order valence-corrected chi connectivity index (χ4v) is 4.22. The average molecular weight is 493 g/mol. The molecule has 0 radical (unpaired) electrons. The Morgan fingerprint density at radius 3 is 2.50 bits per heavy atom. The third-order valence-corrected chi connectivity index (χ3v) is 6.11. The molecule has 0 N–H and O–H groups in total. The van der Waals surface area contributed by atoms with Crippen LogP contribution in [0, 0.1) is 6.92 Å². The van der Waals surface area contributed by atoms with Crippen molar-refractivity contribution in [2.24, 2.45) is 0 Å². The van der Waals surface area contributed by atoms with E-state index in [1.807, 2.05) is 0 Å². The Morgan fingerprint density at radius 2 is 1.94 bits per heavy atom. The number of pyridine rings is 1. The molecule has 174 valence electrons. The summed E-state index contributed by atoms with van der Waals surface area (Å²) in [6.45, 7) is 2.71. The fraction of sp³-hybridized carbons (Fsp3) is 0.474. The van der Waals surface area contributed by atoms with Crippen LogP contribution >= 0.6 is 22.9 Å². The van der Waals surface area contributed by atoms with Crippen LogP contribution in [0.15, 0.2) is 22.4 Å². The van der Waals surface area contributed by atoms with Crippen LogP contribution in [0.25, 0.3) is 0 Å². The van der Waals surface area contributed by atoms with E-state index in [4.69, 9.17) is 16.3 Å². The molecule has 1 aliphatic rings. The van der Waals surface area contributed by atoms with Gasteiger partial charge in [0, 0.05) is 50.0 Å². The Bertz CT molecular complexity index is 1050. The molecule has 1 amide bonds. The van der Waals surface area contributed by atoms with Crippen molar-refractivity contribution in [1.29, 1.82) is 0 Å². The van der Waals surface area contributed by atoms with Gasteiger partial charge in [0.15, 0.2) is 6.61 Å². The number of amides is 1. The summed E-state index contributed by atoms with van der Waals surface area (Å²) in [6.07, 6.45) is -3.84. The Kier molecular flexibility index (Phi) is 7.44. The summed E-state index contributed by atoms with van der Waals surface area (Å²) in [6, 6.07) is 0.826. The summed E-state index contributed by atoms with van der Waals surface area (Å²) in [5, 5.41) is 1.58. The van der Waals surface area contributed by atoms with E-state index in [1.54, 1.807) is 17.2 Å². The van der Waals surface area contributed by atoms with E-state index in [9.17, 15) is 27.6 Å². The molecule has 0 bridgehead atoms. The lowest BCUT2D eigenvalue weighted by Crippen LogP contribution is -2.50. The van der Waals surface area contributed by atoms with Crippen LogP contribution in [-0.4, -0.2) is 59.1 Å². The molecule has 0 saturated carbocycles. The first-order chi connectivity index (χ1) is 15.1. The predicted molar refractivity (Wildman–Crippen MR) is 112 cm³/mol. The van der Waals surface area contributed by atoms with Gasteiger partial charge < -0.3 is 19.1 Å². The average Bonchev–Trinajstić information content (AvgIpc) is 3.07. The Balaban J connectivity index is 1.45. The zero-order valence-corrected chi connectivity index (χ0v) is 18.6. The normalized spacial score (nSPS) is 14.5. The van der Waals surface area contributed by atoms with Crippen molar-refractivity contribution < 1.29 is 27.5 Å². The molecule has 8 nitrogen and oxygen atoms in total. The zero-order valence-electron chi connectivity index (χ0n) is 17.0. The lowest BCUT2D eigenvalue weighted by Gasteiger charge is -2.35. The van der Waals surface area contributed by atoms with Crippen LogP contribution < -0.4 is 9.77 Å². The number of aryl methyl sites for hydroxylation is 1. The van der Waals surface area contributed by atoms with E-state index < -0.39 is 24.3 Å². The van der Waals surface area contributed by atoms with Crippen molar-refractivity contribution in [1.82, 2.24) is 14.5 Å². The highest BCUT2D eigenvalue weighted by Gasteiger charge is 2.32. The maximum absolute atomic E-state index is 12.8. The van der Waals surface area contributed by atoms with E-state index in [0.29, 0.717) is 13.1 Å². The minimum atomic E-state index is -4.53. The summed E-state index contributed by atoms with van der Waals surface area (Å²) < 4.78 is 44.8. The second-order valence-corrected chi connectivity index (χ2v) is 8.33. The first-order valence-electron chi connectivity index (χ1n) is 9.62. The number of carbonyl (C=O) groups is 2. The predicted octanol–water partition coefficient (Wildman–Crippen LogP) is 2.57. The summed E-state index contributed by atoms with van der Waals surface area (Å²) in [7, 11) is 0. The van der Waals surface area contributed by atoms with Crippen LogP contribution in [0.1, 0.15) is 17.7 Å². The molecule has 0 spiro atoms. The molecule has 0 aliphatic carbocycles. The number of hydrogen-bond donors (Lipinski definition) is 0. The van der Waals surface area contributed by atoms with Gasteiger partial charge in [-0.2, -0.15) is 13.2 Å². The minimum Gasteiger partial charge on any atom is -0.456 e. The highest BCUT2D eigenvalue weighted by molar-refractivity contribution is 7.07. The number of esters is 1. The van der Waals surface area contributed by atoms with Gasteiger partial charge in [-0.1, -0.05) is 22.9 Å². The molecule has 32 heavy (non-hydrogen) atoms. The SMILES string of the molecule is Cc1csc(=O)n1CCC(=O)OCC(=O)N1CCN(c2ncc(C(F)(F)F)cc2Cl)CC1. The number of thiazole rings is 1. The van der Waals surface area contributed by atoms with Crippen molar-refractivity contribution >= 4 is 40.6 Å². The maximum Gasteiger partial charge on any atom is 0.417 e. The standard InChI is InChI=1S/C19H20ClF3N4O4S/c1-12-11-32-18(30)27(12)3-2-16(29)31-10-15(28)25-4-6-26(7-5-25)17-14(20)8-13(9-24-17)19(21,22)23/h8-9,11H,2-7,10H2,1H3. The number of hydrogen-bond acceptors (Lipinski definition) is 7. The molecule has 3 heterocycles. The van der Waals surface area contributed by atoms with Gasteiger partial charge in [-0.25, -0.2) is 4.98 Å². The molecule has 0 aromatic carbocycles. The largest absolute Gasteiger partial charge is 0.456 e. The Morgan fingerprint density at radius 1 is 1.25 bits per heavy atom. The minimum absolute atomic E-state index is 0.0311. The van der Waals surface area contributed by atoms with Gasteiger partial charge in [0.05, 0.1) is 17.0 Å². The number of carbonyl (C=O) groups excluding carboxylic acids is 2. The van der Waals surface area contributed by atoms with Gasteiger partial charge in [-0.05, 0) is 13.0 Å². The number of anilines is 1. The van der Waals surface area contributed by atoms with E-state index in [1.165, 1.54) is 9.47 Å². The van der Waals surface area contributed by atoms with Crippen LogP contribution in [-0.2, 0) is 27.0 Å². The topological polar surface area (TPSA) is 84.7 Å². The van der Waals surface area contributed by atoms with Crippen molar-refractivity contribution in [2.75, 3.05) is 37.7 Å². The third-order valence-electron chi connectivity index (χ3n) is 4.95. The Hall–Kier alpha value is -2.60. The second kappa shape index (κ2) is 9.90. The van der Waals surface area contributed by atoms with Crippen molar-refractivity contribution in [3.8, 4) is 0 Å². The first-order valence-corrected chi connectivity index (χ1v) is 10.9. The molecule has 1 saturated heterocycles. The molecule has 1 aliphatic heterocycles. The van der Waals surface area contributed by atoms with Gasteiger partial charge in [0.1, 0.15) is 5.82 Å². The zero-order chi connectivity index (χ0) is 23.5. The lowest BCUT2D eigenvalue weighted by molar-refractivity contribution is -0.152. The smallest absolute Gasteiger partial charge is 0.417 e. The highest BCUT2D eigenvalue weighted by Crippen LogP contribution is 2.33. The molecule has 0 atom stereocenters. The number of rotatable bonds is 6. The van der Waals surface area contributed by atoms with Crippen LogP contribution in [0.3, 0.4) is 0 Å². The fourth-order valence-electron chi connectivity index (χ4n) is 3.17. The number of ether oxygens (including phenoxy) is 1. The molecule has 1 fully saturated rings. The molecular formula is C19H20ClF3N4O4S. The molecular weight excluding hydrogens is 473 g/mol. The third kappa shape index (κ3) is 5.80. The summed E-state index contributed by atoms with van der Waals surface area (Å²) in [5.41, 5.74) is -0.176. The number of halogens is 4. The summed E-state index contributed by atoms with van der Waals surface area (Å²) in [4.78, 5) is 42.7. The number of piperazine rings is 1. The van der Waals surface area contributed by atoms with Crippen LogP contribution in [0.5, 0.6) is 0 Å². The van der Waals surface area contributed by atoms with Crippen LogP contribution in [0.4, 0.5) is 19.0 Å². The molecule has 2 aromatic heterocycles. The van der Waals surface area contributed by atoms with E-state index in [-0.39, 0.29) is 47.7 Å². The first kappa shape index (κ1) is 24.1. The van der Waals surface area contributed by atoms with Gasteiger partial charge in [0.25, 0.3) is 5.91 Å². The number of aromatic nitrogens is 2. The molecule has 2 aromatic rings. The second-order valence-electron chi connectivity index (χ2n) is 7.10. The summed E-state index contributed by atoms with van der Waals surface area (Å²) >= 11 is 7.02. The van der Waals surface area contributed by atoms with Gasteiger partial charge in [-0.3, -0.25) is 14.4 Å². The van der Waals surface area contributed by atoms with E-state index in [0.717, 1.165) is 29.3 Å². The van der Waals surface area contributed by atoms with Crippen molar-refractivity contribution in [3.63, 3.8) is 0 Å². The van der Waals surface area contributed by atoms with E-state index in [2.05, 4.69) is 4.98 Å². The molecule has 0 unspecified atom stereocenters. The maximum atomic E-state index is 12.8. The monoisotopic (exact) mass is 492 g/mol. The van der Waals surface area contributed by atoms with Crippen molar-refractivity contribution in [2.45, 2.75) is 26.1 Å². The quantitative estimate of drug-likeness (QED) is 0.576.